The Morgan fingerprint density at radius 2 is 1.69 bits per heavy atom. The quantitative estimate of drug-likeness (QED) is 0.508. The molecule has 6 heteroatoms. The molecule has 0 radical (unpaired) electrons. The van der Waals surface area contributed by atoms with Gasteiger partial charge in [-0.25, -0.2) is 4.79 Å². The van der Waals surface area contributed by atoms with E-state index in [2.05, 4.69) is 0 Å². The zero-order valence-electron chi connectivity index (χ0n) is 15.2. The third kappa shape index (κ3) is 3.96. The summed E-state index contributed by atoms with van der Waals surface area (Å²) in [6.07, 6.45) is 1.27. The van der Waals surface area contributed by atoms with E-state index in [0.717, 1.165) is 0 Å². The fraction of sp³-hybridized carbons (Fsp3) is 0.0435. The molecule has 0 aliphatic heterocycles. The van der Waals surface area contributed by atoms with Gasteiger partial charge in [-0.15, -0.1) is 0 Å². The Hall–Kier alpha value is -4.06. The largest absolute Gasteiger partial charge is 0.489 e. The van der Waals surface area contributed by atoms with Crippen LogP contribution in [0.5, 0.6) is 17.2 Å². The zero-order chi connectivity index (χ0) is 20.2. The summed E-state index contributed by atoms with van der Waals surface area (Å²) in [7, 11) is 0. The van der Waals surface area contributed by atoms with Crippen LogP contribution < -0.4 is 14.9 Å². The van der Waals surface area contributed by atoms with Crippen LogP contribution >= 0.6 is 0 Å². The number of carboxylic acid groups (broad SMARTS) is 1. The minimum Gasteiger partial charge on any atom is -0.489 e. The van der Waals surface area contributed by atoms with Crippen LogP contribution in [0, 0.1) is 0 Å². The van der Waals surface area contributed by atoms with Crippen LogP contribution in [0.1, 0.15) is 15.9 Å². The molecule has 1 N–H and O–H groups in total. The molecule has 3 aromatic carbocycles. The molecule has 144 valence electrons. The van der Waals surface area contributed by atoms with Gasteiger partial charge >= 0.3 is 5.97 Å². The molecule has 4 rings (SSSR count). The first-order valence-electron chi connectivity index (χ1n) is 8.84. The van der Waals surface area contributed by atoms with E-state index in [1.54, 1.807) is 48.5 Å². The molecule has 0 aliphatic rings. The summed E-state index contributed by atoms with van der Waals surface area (Å²) >= 11 is 0. The number of ether oxygens (including phenoxy) is 2. The molecule has 1 aromatic heterocycles. The standard InChI is InChI=1S/C23H16O6/c24-22-19-11-10-17(27-13-15-6-4-5-9-18(15)23(25)26)12-20(19)28-14-21(22)29-16-7-2-1-3-8-16/h1-12,14H,13H2,(H,25,26). The highest BCUT2D eigenvalue weighted by Crippen LogP contribution is 2.24. The van der Waals surface area contributed by atoms with Crippen molar-refractivity contribution >= 4 is 16.9 Å². The molecule has 4 aromatic rings. The zero-order valence-corrected chi connectivity index (χ0v) is 15.2. The van der Waals surface area contributed by atoms with E-state index >= 15 is 0 Å². The van der Waals surface area contributed by atoms with Crippen molar-refractivity contribution in [3.8, 4) is 17.2 Å². The van der Waals surface area contributed by atoms with E-state index in [1.807, 2.05) is 18.2 Å². The van der Waals surface area contributed by atoms with E-state index in [1.165, 1.54) is 12.3 Å². The lowest BCUT2D eigenvalue weighted by molar-refractivity contribution is 0.0694. The van der Waals surface area contributed by atoms with Crippen LogP contribution in [0.4, 0.5) is 0 Å². The molecular weight excluding hydrogens is 372 g/mol. The molecule has 6 nitrogen and oxygen atoms in total. The summed E-state index contributed by atoms with van der Waals surface area (Å²) in [5, 5.41) is 9.61. The summed E-state index contributed by atoms with van der Waals surface area (Å²) in [6.45, 7) is 0.0768. The van der Waals surface area contributed by atoms with Gasteiger partial charge in [0.05, 0.1) is 10.9 Å². The maximum Gasteiger partial charge on any atom is 0.336 e. The molecule has 0 bridgehead atoms. The van der Waals surface area contributed by atoms with E-state index in [4.69, 9.17) is 13.9 Å². The Bertz CT molecular complexity index is 1230. The SMILES string of the molecule is O=C(O)c1ccccc1COc1ccc2c(=O)c(Oc3ccccc3)coc2c1. The van der Waals surface area contributed by atoms with Crippen molar-refractivity contribution in [2.75, 3.05) is 0 Å². The normalized spacial score (nSPS) is 10.6. The van der Waals surface area contributed by atoms with Crippen molar-refractivity contribution in [2.45, 2.75) is 6.61 Å². The number of aromatic carboxylic acids is 1. The first-order valence-corrected chi connectivity index (χ1v) is 8.84. The average Bonchev–Trinajstić information content (AvgIpc) is 2.75. The third-order valence-corrected chi connectivity index (χ3v) is 4.33. The van der Waals surface area contributed by atoms with Gasteiger partial charge in [0.25, 0.3) is 0 Å². The number of carbonyl (C=O) groups is 1. The number of fused-ring (bicyclic) bond motifs is 1. The van der Waals surface area contributed by atoms with Crippen molar-refractivity contribution in [1.82, 2.24) is 0 Å². The van der Waals surface area contributed by atoms with Crippen LogP contribution in [0.15, 0.2) is 88.3 Å². The molecule has 29 heavy (non-hydrogen) atoms. The molecule has 0 aliphatic carbocycles. The van der Waals surface area contributed by atoms with Gasteiger partial charge in [-0.3, -0.25) is 4.79 Å². The Labute approximate surface area is 165 Å². The Kier molecular flexibility index (Phi) is 4.99. The number of benzene rings is 3. The van der Waals surface area contributed by atoms with Gasteiger partial charge in [-0.2, -0.15) is 0 Å². The van der Waals surface area contributed by atoms with Crippen molar-refractivity contribution in [2.24, 2.45) is 0 Å². The second-order valence-electron chi connectivity index (χ2n) is 6.25. The van der Waals surface area contributed by atoms with E-state index in [-0.39, 0.29) is 23.3 Å². The smallest absolute Gasteiger partial charge is 0.336 e. The minimum absolute atomic E-state index is 0.0768. The first kappa shape index (κ1) is 18.3. The van der Waals surface area contributed by atoms with Gasteiger partial charge in [-0.1, -0.05) is 36.4 Å². The summed E-state index contributed by atoms with van der Waals surface area (Å²) in [5.74, 6) is 0.0705. The van der Waals surface area contributed by atoms with Crippen molar-refractivity contribution in [3.05, 3.63) is 100 Å². The molecule has 0 amide bonds. The Morgan fingerprint density at radius 1 is 0.931 bits per heavy atom. The summed E-state index contributed by atoms with van der Waals surface area (Å²) < 4.78 is 16.8. The minimum atomic E-state index is -1.01. The van der Waals surface area contributed by atoms with Gasteiger partial charge in [0.2, 0.25) is 11.2 Å². The molecular formula is C23H16O6. The summed E-state index contributed by atoms with van der Waals surface area (Å²) in [4.78, 5) is 23.9. The van der Waals surface area contributed by atoms with Crippen molar-refractivity contribution < 1.29 is 23.8 Å². The second kappa shape index (κ2) is 7.90. The summed E-state index contributed by atoms with van der Waals surface area (Å²) in [6, 6.07) is 20.4. The van der Waals surface area contributed by atoms with E-state index in [9.17, 15) is 14.7 Å². The predicted octanol–water partition coefficient (Wildman–Crippen LogP) is 4.86. The van der Waals surface area contributed by atoms with E-state index in [0.29, 0.717) is 28.0 Å². The van der Waals surface area contributed by atoms with Crippen molar-refractivity contribution in [3.63, 3.8) is 0 Å². The number of hydrogen-bond donors (Lipinski definition) is 1. The summed E-state index contributed by atoms with van der Waals surface area (Å²) in [5.41, 5.74) is 0.785. The van der Waals surface area contributed by atoms with Gasteiger partial charge in [0.1, 0.15) is 30.0 Å². The lowest BCUT2D eigenvalue weighted by Gasteiger charge is -2.10. The van der Waals surface area contributed by atoms with Crippen LogP contribution in [-0.4, -0.2) is 11.1 Å². The highest BCUT2D eigenvalue weighted by atomic mass is 16.5. The monoisotopic (exact) mass is 388 g/mol. The maximum atomic E-state index is 12.7. The van der Waals surface area contributed by atoms with Crippen LogP contribution in [0.2, 0.25) is 0 Å². The number of carboxylic acids is 1. The van der Waals surface area contributed by atoms with Crippen LogP contribution in [-0.2, 0) is 6.61 Å². The fourth-order valence-electron chi connectivity index (χ4n) is 2.88. The fourth-order valence-corrected chi connectivity index (χ4v) is 2.88. The molecule has 0 saturated carbocycles. The molecule has 0 saturated heterocycles. The second-order valence-corrected chi connectivity index (χ2v) is 6.25. The van der Waals surface area contributed by atoms with Gasteiger partial charge < -0.3 is 19.0 Å². The number of para-hydroxylation sites is 1. The Morgan fingerprint density at radius 3 is 2.48 bits per heavy atom. The van der Waals surface area contributed by atoms with E-state index < -0.39 is 5.97 Å². The van der Waals surface area contributed by atoms with Crippen molar-refractivity contribution in [1.29, 1.82) is 0 Å². The van der Waals surface area contributed by atoms with Gasteiger partial charge in [0.15, 0.2) is 0 Å². The lowest BCUT2D eigenvalue weighted by Crippen LogP contribution is -2.06. The third-order valence-electron chi connectivity index (χ3n) is 4.33. The average molecular weight is 388 g/mol. The molecule has 0 unspecified atom stereocenters. The first-order chi connectivity index (χ1) is 14.1. The number of hydrogen-bond acceptors (Lipinski definition) is 5. The lowest BCUT2D eigenvalue weighted by atomic mass is 10.1. The molecule has 0 spiro atoms. The van der Waals surface area contributed by atoms with Gasteiger partial charge in [0, 0.05) is 11.6 Å². The Balaban J connectivity index is 1.57. The van der Waals surface area contributed by atoms with Crippen LogP contribution in [0.25, 0.3) is 11.0 Å². The van der Waals surface area contributed by atoms with Crippen LogP contribution in [0.3, 0.4) is 0 Å². The molecule has 0 fully saturated rings. The topological polar surface area (TPSA) is 86.0 Å². The molecule has 0 atom stereocenters. The maximum absolute atomic E-state index is 12.7. The highest BCUT2D eigenvalue weighted by molar-refractivity contribution is 5.89. The predicted molar refractivity (Wildman–Crippen MR) is 107 cm³/mol. The highest BCUT2D eigenvalue weighted by Gasteiger charge is 2.12. The van der Waals surface area contributed by atoms with Gasteiger partial charge in [-0.05, 0) is 30.3 Å². The number of rotatable bonds is 6. The molecule has 1 heterocycles.